The number of hydrogen-bond donors (Lipinski definition) is 1. The Morgan fingerprint density at radius 3 is 2.38 bits per heavy atom. The zero-order valence-electron chi connectivity index (χ0n) is 23.4. The van der Waals surface area contributed by atoms with Crippen LogP contribution in [0.1, 0.15) is 80.9 Å². The van der Waals surface area contributed by atoms with Crippen molar-refractivity contribution >= 4 is 27.6 Å². The van der Waals surface area contributed by atoms with Crippen LogP contribution in [0.25, 0.3) is 0 Å². The molecule has 3 fully saturated rings. The summed E-state index contributed by atoms with van der Waals surface area (Å²) < 4.78 is 27.8. The molecule has 1 aliphatic carbocycles. The third-order valence-electron chi connectivity index (χ3n) is 8.53. The smallest absolute Gasteiger partial charge is 0.252 e. The first-order valence-corrected chi connectivity index (χ1v) is 15.7. The Kier molecular flexibility index (Phi) is 7.60. The van der Waals surface area contributed by atoms with Crippen LogP contribution in [0.15, 0.2) is 48.7 Å². The number of nitrogens with zero attached hydrogens (tertiary/aromatic N) is 3. The largest absolute Gasteiger partial charge is 0.338 e. The Balaban J connectivity index is 1.35. The molecule has 2 atom stereocenters. The number of amides is 2. The molecule has 40 heavy (non-hydrogen) atoms. The number of ketones is 1. The molecular weight excluding hydrogens is 528 g/mol. The lowest BCUT2D eigenvalue weighted by Gasteiger charge is -2.40. The van der Waals surface area contributed by atoms with Gasteiger partial charge in [0.2, 0.25) is 15.9 Å². The Bertz CT molecular complexity index is 1380. The van der Waals surface area contributed by atoms with E-state index in [0.717, 1.165) is 24.8 Å². The van der Waals surface area contributed by atoms with Crippen LogP contribution in [0.5, 0.6) is 0 Å². The minimum Gasteiger partial charge on any atom is -0.338 e. The van der Waals surface area contributed by atoms with Gasteiger partial charge >= 0.3 is 0 Å². The van der Waals surface area contributed by atoms with Gasteiger partial charge in [-0.3, -0.25) is 19.4 Å². The van der Waals surface area contributed by atoms with E-state index >= 15 is 0 Å². The second-order valence-electron chi connectivity index (χ2n) is 12.3. The maximum atomic E-state index is 14.2. The van der Waals surface area contributed by atoms with Gasteiger partial charge in [0.15, 0.2) is 5.78 Å². The SMILES string of the molecule is CC(C)(C)c1ccc(C(=O)NC2(C(=O)N3CCC4C3C(=O)CN4S(=O)(=O)Cc3ccccn3)CCCCC2)cc1. The Hall–Kier alpha value is -3.11. The second-order valence-corrected chi connectivity index (χ2v) is 14.2. The summed E-state index contributed by atoms with van der Waals surface area (Å²) in [6, 6.07) is 11.1. The molecule has 1 N–H and O–H groups in total. The zero-order valence-corrected chi connectivity index (χ0v) is 24.2. The molecule has 0 bridgehead atoms. The van der Waals surface area contributed by atoms with Crippen LogP contribution < -0.4 is 5.32 Å². The molecule has 3 heterocycles. The van der Waals surface area contributed by atoms with Gasteiger partial charge in [0.25, 0.3) is 5.91 Å². The lowest BCUT2D eigenvalue weighted by atomic mass is 9.80. The van der Waals surface area contributed by atoms with Crippen LogP contribution in [0.4, 0.5) is 0 Å². The van der Waals surface area contributed by atoms with E-state index in [9.17, 15) is 22.8 Å². The van der Waals surface area contributed by atoms with Gasteiger partial charge in [-0.2, -0.15) is 4.31 Å². The van der Waals surface area contributed by atoms with E-state index in [1.165, 1.54) is 15.4 Å². The van der Waals surface area contributed by atoms with Gasteiger partial charge in [0.1, 0.15) is 17.3 Å². The van der Waals surface area contributed by atoms with Gasteiger partial charge in [0.05, 0.1) is 18.3 Å². The number of pyridine rings is 1. The summed E-state index contributed by atoms with van der Waals surface area (Å²) in [5.74, 6) is -1.18. The predicted octanol–water partition coefficient (Wildman–Crippen LogP) is 3.20. The van der Waals surface area contributed by atoms with Gasteiger partial charge in [-0.15, -0.1) is 0 Å². The minimum atomic E-state index is -3.82. The molecule has 5 rings (SSSR count). The van der Waals surface area contributed by atoms with Crippen LogP contribution in [0.3, 0.4) is 0 Å². The van der Waals surface area contributed by atoms with E-state index in [-0.39, 0.29) is 41.9 Å². The molecule has 0 spiro atoms. The van der Waals surface area contributed by atoms with E-state index in [0.29, 0.717) is 30.5 Å². The van der Waals surface area contributed by atoms with Crippen molar-refractivity contribution in [2.24, 2.45) is 0 Å². The number of carbonyl (C=O) groups is 3. The maximum absolute atomic E-state index is 14.2. The normalized spacial score (nSPS) is 23.2. The first-order valence-electron chi connectivity index (χ1n) is 14.1. The molecule has 1 saturated carbocycles. The lowest BCUT2D eigenvalue weighted by molar-refractivity contribution is -0.143. The number of fused-ring (bicyclic) bond motifs is 1. The molecule has 2 aliphatic heterocycles. The summed E-state index contributed by atoms with van der Waals surface area (Å²) in [4.78, 5) is 46.5. The zero-order chi connectivity index (χ0) is 28.7. The number of sulfonamides is 1. The Labute approximate surface area is 236 Å². The highest BCUT2D eigenvalue weighted by molar-refractivity contribution is 7.88. The number of hydrogen-bond acceptors (Lipinski definition) is 6. The molecule has 3 aliphatic rings. The van der Waals surface area contributed by atoms with Crippen molar-refractivity contribution in [2.45, 2.75) is 88.1 Å². The van der Waals surface area contributed by atoms with Crippen molar-refractivity contribution in [3.8, 4) is 0 Å². The van der Waals surface area contributed by atoms with Crippen molar-refractivity contribution in [3.05, 3.63) is 65.5 Å². The molecule has 2 aromatic rings. The molecule has 1 aromatic carbocycles. The molecular formula is C30H38N4O5S. The highest BCUT2D eigenvalue weighted by atomic mass is 32.2. The third kappa shape index (κ3) is 5.43. The van der Waals surface area contributed by atoms with Crippen molar-refractivity contribution < 1.29 is 22.8 Å². The monoisotopic (exact) mass is 566 g/mol. The fourth-order valence-corrected chi connectivity index (χ4v) is 8.02. The number of aromatic nitrogens is 1. The fourth-order valence-electron chi connectivity index (χ4n) is 6.35. The van der Waals surface area contributed by atoms with Crippen LogP contribution in [0.2, 0.25) is 0 Å². The third-order valence-corrected chi connectivity index (χ3v) is 10.3. The van der Waals surface area contributed by atoms with Gasteiger partial charge in [-0.1, -0.05) is 58.2 Å². The molecule has 214 valence electrons. The predicted molar refractivity (Wildman–Crippen MR) is 151 cm³/mol. The molecule has 2 amide bonds. The molecule has 9 nitrogen and oxygen atoms in total. The number of carbonyl (C=O) groups excluding carboxylic acids is 3. The molecule has 1 aromatic heterocycles. The van der Waals surface area contributed by atoms with Crippen molar-refractivity contribution in [3.63, 3.8) is 0 Å². The van der Waals surface area contributed by atoms with Gasteiger partial charge < -0.3 is 10.2 Å². The van der Waals surface area contributed by atoms with Crippen LogP contribution >= 0.6 is 0 Å². The van der Waals surface area contributed by atoms with E-state index in [2.05, 4.69) is 31.1 Å². The van der Waals surface area contributed by atoms with E-state index in [1.54, 1.807) is 30.3 Å². The number of likely N-dealkylation sites (tertiary alicyclic amines) is 1. The van der Waals surface area contributed by atoms with Crippen molar-refractivity contribution in [1.29, 1.82) is 0 Å². The highest BCUT2D eigenvalue weighted by Crippen LogP contribution is 2.37. The maximum Gasteiger partial charge on any atom is 0.252 e. The summed E-state index contributed by atoms with van der Waals surface area (Å²) in [6.45, 7) is 6.34. The summed E-state index contributed by atoms with van der Waals surface area (Å²) in [5, 5.41) is 3.07. The number of rotatable bonds is 6. The van der Waals surface area contributed by atoms with Gasteiger partial charge in [0, 0.05) is 18.3 Å². The van der Waals surface area contributed by atoms with Gasteiger partial charge in [-0.25, -0.2) is 8.42 Å². The molecule has 0 radical (unpaired) electrons. The summed E-state index contributed by atoms with van der Waals surface area (Å²) >= 11 is 0. The fraction of sp³-hybridized carbons (Fsp3) is 0.533. The number of benzene rings is 1. The van der Waals surface area contributed by atoms with Crippen LogP contribution in [-0.2, 0) is 30.8 Å². The van der Waals surface area contributed by atoms with Gasteiger partial charge in [-0.05, 0) is 54.5 Å². The van der Waals surface area contributed by atoms with E-state index in [1.807, 2.05) is 12.1 Å². The summed E-state index contributed by atoms with van der Waals surface area (Å²) in [5.41, 5.74) is 0.831. The number of nitrogens with one attached hydrogen (secondary N) is 1. The summed E-state index contributed by atoms with van der Waals surface area (Å²) in [6.07, 6.45) is 5.43. The standard InChI is InChI=1S/C30H38N4O5S/c1-29(2,3)22-12-10-21(11-13-22)27(36)32-30(15-6-4-7-16-30)28(37)33-18-14-24-26(33)25(35)19-34(24)40(38,39)20-23-9-5-8-17-31-23/h5,8-13,17,24,26H,4,6-7,14-16,18-20H2,1-3H3,(H,32,36). The van der Waals surface area contributed by atoms with E-state index in [4.69, 9.17) is 0 Å². The van der Waals surface area contributed by atoms with Crippen molar-refractivity contribution in [2.75, 3.05) is 13.1 Å². The van der Waals surface area contributed by atoms with Crippen LogP contribution in [0, 0.1) is 0 Å². The Morgan fingerprint density at radius 1 is 1.05 bits per heavy atom. The lowest BCUT2D eigenvalue weighted by Crippen LogP contribution is -2.62. The van der Waals surface area contributed by atoms with E-state index < -0.39 is 27.6 Å². The van der Waals surface area contributed by atoms with Crippen molar-refractivity contribution in [1.82, 2.24) is 19.5 Å². The first-order chi connectivity index (χ1) is 18.9. The molecule has 10 heteroatoms. The second kappa shape index (κ2) is 10.7. The average molecular weight is 567 g/mol. The molecule has 2 saturated heterocycles. The number of Topliss-reactive ketones (excluding diaryl/α,β-unsaturated/α-hetero) is 1. The average Bonchev–Trinajstić information content (AvgIpc) is 3.50. The summed E-state index contributed by atoms with van der Waals surface area (Å²) in [7, 11) is -3.82. The molecule has 2 unspecified atom stereocenters. The topological polar surface area (TPSA) is 117 Å². The first kappa shape index (κ1) is 28.4. The minimum absolute atomic E-state index is 0.0470. The Morgan fingerprint density at radius 2 is 1.75 bits per heavy atom. The van der Waals surface area contributed by atoms with Crippen LogP contribution in [-0.4, -0.2) is 70.9 Å². The highest BCUT2D eigenvalue weighted by Gasteiger charge is 2.56. The quantitative estimate of drug-likeness (QED) is 0.574.